The summed E-state index contributed by atoms with van der Waals surface area (Å²) in [7, 11) is 0. The lowest BCUT2D eigenvalue weighted by molar-refractivity contribution is 0.960. The molecule has 105 heavy (non-hydrogen) atoms. The lowest BCUT2D eigenvalue weighted by Gasteiger charge is -2.40. The molecule has 0 saturated heterocycles. The minimum Gasteiger partial charge on any atom is -0.309 e. The van der Waals surface area contributed by atoms with E-state index in [0.717, 1.165) is 77.0 Å². The highest BCUT2D eigenvalue weighted by Gasteiger charge is 2.42. The third kappa shape index (κ3) is 7.85. The van der Waals surface area contributed by atoms with Gasteiger partial charge in [0.1, 0.15) is 0 Å². The van der Waals surface area contributed by atoms with Crippen LogP contribution in [0.2, 0.25) is 0 Å². The van der Waals surface area contributed by atoms with Gasteiger partial charge >= 0.3 is 0 Å². The Morgan fingerprint density at radius 1 is 0.190 bits per heavy atom. The van der Waals surface area contributed by atoms with E-state index in [9.17, 15) is 0 Å². The maximum atomic E-state index is 4.93. The Morgan fingerprint density at radius 3 is 0.705 bits per heavy atom. The van der Waals surface area contributed by atoms with E-state index in [0.29, 0.717) is 0 Å². The van der Waals surface area contributed by atoms with E-state index >= 15 is 0 Å². The molecular weight excluding hydrogens is 1270 g/mol. The molecule has 12 aliphatic rings. The topological polar surface area (TPSA) is 48.4 Å². The Hall–Kier alpha value is -12.5. The van der Waals surface area contributed by atoms with Crippen molar-refractivity contribution in [1.82, 2.24) is 15.0 Å². The zero-order chi connectivity index (χ0) is 68.0. The maximum Gasteiger partial charge on any atom is 0.0716 e. The van der Waals surface area contributed by atoms with Gasteiger partial charge in [0.2, 0.25) is 0 Å². The van der Waals surface area contributed by atoms with Crippen molar-refractivity contribution in [2.75, 3.05) is 14.7 Å². The van der Waals surface area contributed by atoms with Gasteiger partial charge in [-0.1, -0.05) is 182 Å². The third-order valence-corrected chi connectivity index (χ3v) is 25.8. The summed E-state index contributed by atoms with van der Waals surface area (Å²) < 4.78 is 0. The lowest BCUT2D eigenvalue weighted by Crippen LogP contribution is -2.26. The molecule has 6 aliphatic carbocycles. The van der Waals surface area contributed by atoms with Crippen LogP contribution in [0.5, 0.6) is 0 Å². The third-order valence-electron chi connectivity index (χ3n) is 25.8. The molecule has 6 aliphatic heterocycles. The van der Waals surface area contributed by atoms with Crippen molar-refractivity contribution in [2.45, 2.75) is 77.0 Å². The molecule has 27 rings (SSSR count). The van der Waals surface area contributed by atoms with Crippen molar-refractivity contribution in [1.29, 1.82) is 0 Å². The Morgan fingerprint density at radius 2 is 0.429 bits per heavy atom. The monoisotopic (exact) mass is 1340 g/mol. The molecule has 3 aromatic heterocycles. The first-order valence-electron chi connectivity index (χ1n) is 37.7. The fourth-order valence-electron chi connectivity index (χ4n) is 21.6. The van der Waals surface area contributed by atoms with E-state index in [4.69, 9.17) is 15.0 Å². The summed E-state index contributed by atoms with van der Waals surface area (Å²) in [4.78, 5) is 22.2. The second-order valence-electron chi connectivity index (χ2n) is 31.0. The van der Waals surface area contributed by atoms with Gasteiger partial charge in [0.05, 0.1) is 62.6 Å². The lowest BCUT2D eigenvalue weighted by atomic mass is 9.83. The van der Waals surface area contributed by atoms with Gasteiger partial charge in [-0.15, -0.1) is 0 Å². The van der Waals surface area contributed by atoms with Crippen LogP contribution in [0.3, 0.4) is 0 Å². The van der Waals surface area contributed by atoms with Crippen molar-refractivity contribution < 1.29 is 0 Å². The van der Waals surface area contributed by atoms with Crippen LogP contribution < -0.4 is 14.7 Å². The number of aromatic nitrogens is 3. The highest BCUT2D eigenvalue weighted by Crippen LogP contribution is 2.61. The second kappa shape index (κ2) is 21.1. The zero-order valence-corrected chi connectivity index (χ0v) is 57.9. The first kappa shape index (κ1) is 57.1. The maximum absolute atomic E-state index is 4.93. The predicted octanol–water partition coefficient (Wildman–Crippen LogP) is 22.5. The van der Waals surface area contributed by atoms with E-state index in [1.807, 2.05) is 12.4 Å². The normalized spacial score (nSPS) is 14.9. The summed E-state index contributed by atoms with van der Waals surface area (Å²) in [6.45, 7) is 0. The summed E-state index contributed by atoms with van der Waals surface area (Å²) in [5.74, 6) is 0. The zero-order valence-electron chi connectivity index (χ0n) is 57.9. The SMILES string of the molecule is c1ccc2c(c1)Cc1ccc3c(c1-2)Cc1ccnc2c1N3c1ccc3c(c1C2)-c1ccccc1C3.c1ccc2c(c1)Cc1ccc3c(c1-2)Cc1ccnc2c1N3c1ccc3c(c1C2)-c1ccccc1C3.c1ccc2c(c1)Cc1ccc3c(c1-2)Cc1cncc2c1N3c1ccc3c(c1C2)-c1ccccc1C3. The van der Waals surface area contributed by atoms with Crippen molar-refractivity contribution >= 4 is 51.2 Å². The average Bonchev–Trinajstić information content (AvgIpc) is 1.68. The van der Waals surface area contributed by atoms with Crippen LogP contribution in [0, 0.1) is 0 Å². The summed E-state index contributed by atoms with van der Waals surface area (Å²) >= 11 is 0. The first-order valence-corrected chi connectivity index (χ1v) is 37.7. The molecule has 492 valence electrons. The van der Waals surface area contributed by atoms with Crippen LogP contribution in [0.1, 0.15) is 134 Å². The number of rotatable bonds is 0. The van der Waals surface area contributed by atoms with Gasteiger partial charge in [0.25, 0.3) is 0 Å². The minimum absolute atomic E-state index is 0.898. The minimum atomic E-state index is 0.898. The van der Waals surface area contributed by atoms with Gasteiger partial charge in [0, 0.05) is 63.3 Å². The van der Waals surface area contributed by atoms with Crippen LogP contribution in [0.15, 0.2) is 255 Å². The van der Waals surface area contributed by atoms with Crippen molar-refractivity contribution in [3.63, 3.8) is 0 Å². The Labute approximate surface area is 609 Å². The molecule has 15 aromatic rings. The largest absolute Gasteiger partial charge is 0.309 e. The van der Waals surface area contributed by atoms with Crippen molar-refractivity contribution in [2.24, 2.45) is 0 Å². The molecule has 0 atom stereocenters. The molecule has 0 radical (unpaired) electrons. The molecule has 12 aromatic carbocycles. The molecule has 6 heteroatoms. The van der Waals surface area contributed by atoms with Crippen LogP contribution in [-0.4, -0.2) is 15.0 Å². The Balaban J connectivity index is 0.0000000914. The van der Waals surface area contributed by atoms with Gasteiger partial charge in [-0.25, -0.2) is 0 Å². The molecule has 0 saturated carbocycles. The molecule has 0 amide bonds. The van der Waals surface area contributed by atoms with E-state index in [-0.39, 0.29) is 0 Å². The average molecular weight is 1340 g/mol. The number of anilines is 9. The van der Waals surface area contributed by atoms with Crippen LogP contribution in [-0.2, 0) is 77.0 Å². The quantitative estimate of drug-likeness (QED) is 0.151. The van der Waals surface area contributed by atoms with Crippen LogP contribution in [0.25, 0.3) is 66.8 Å². The Kier molecular flexibility index (Phi) is 11.5. The first-order chi connectivity index (χ1) is 52.0. The summed E-state index contributed by atoms with van der Waals surface area (Å²) in [5, 5.41) is 0. The van der Waals surface area contributed by atoms with Gasteiger partial charge in [-0.05, 0) is 276 Å². The number of hydrogen-bond donors (Lipinski definition) is 0. The molecule has 0 unspecified atom stereocenters. The fraction of sp³-hybridized carbons (Fsp3) is 0.121. The van der Waals surface area contributed by atoms with Crippen molar-refractivity contribution in [3.8, 4) is 66.8 Å². The van der Waals surface area contributed by atoms with E-state index in [2.05, 4.69) is 258 Å². The van der Waals surface area contributed by atoms with Crippen molar-refractivity contribution in [3.05, 3.63) is 389 Å². The van der Waals surface area contributed by atoms with E-state index in [1.165, 1.54) is 252 Å². The highest BCUT2D eigenvalue weighted by atomic mass is 15.2. The molecular formula is C99H66N6. The molecule has 6 nitrogen and oxygen atoms in total. The highest BCUT2D eigenvalue weighted by molar-refractivity contribution is 6.02. The van der Waals surface area contributed by atoms with Gasteiger partial charge in [0.15, 0.2) is 0 Å². The standard InChI is InChI=1S/3C33H22N2/c1-3-7-25-19(5-1)13-21-9-11-29-27(31(21)25)15-23-17-34-18-24-16-28-30(35(29)33(23)24)12-10-22-14-20-6-2-4-8-26(20)32(22)28;2*1-3-7-24-19(5-1)15-21-9-11-29-26(31(21)24)17-23-13-14-34-28-18-27-30(35(29)33(23)28)12-10-22-16-20-6-2-4-8-25(20)32(22)27/h1-12,17-18H,13-16H2;2*1-14H,15-18H2. The van der Waals surface area contributed by atoms with Crippen LogP contribution in [0.4, 0.5) is 51.2 Å². The number of hydrogen-bond acceptors (Lipinski definition) is 6. The number of nitrogens with zero attached hydrogens (tertiary/aromatic N) is 6. The van der Waals surface area contributed by atoms with Gasteiger partial charge in [-0.2, -0.15) is 0 Å². The fourth-order valence-corrected chi connectivity index (χ4v) is 21.6. The summed E-state index contributed by atoms with van der Waals surface area (Å²) in [6.07, 6.45) is 20.1. The number of fused-ring (bicyclic) bond motifs is 36. The van der Waals surface area contributed by atoms with Gasteiger partial charge in [-0.3, -0.25) is 15.0 Å². The Bertz CT molecular complexity index is 5530. The molecule has 0 N–H and O–H groups in total. The van der Waals surface area contributed by atoms with E-state index in [1.54, 1.807) is 0 Å². The van der Waals surface area contributed by atoms with E-state index < -0.39 is 0 Å². The number of benzene rings is 12. The second-order valence-corrected chi connectivity index (χ2v) is 31.0. The molecule has 0 bridgehead atoms. The summed E-state index contributed by atoms with van der Waals surface area (Å²) in [5.41, 5.74) is 63.1. The predicted molar refractivity (Wildman–Crippen MR) is 423 cm³/mol. The molecule has 9 heterocycles. The van der Waals surface area contributed by atoms with Gasteiger partial charge < -0.3 is 14.7 Å². The summed E-state index contributed by atoms with van der Waals surface area (Å²) in [6, 6.07) is 86.6. The van der Waals surface area contributed by atoms with Crippen LogP contribution >= 0.6 is 0 Å². The number of pyridine rings is 3. The molecule has 0 fully saturated rings. The smallest absolute Gasteiger partial charge is 0.0716 e. The molecule has 0 spiro atoms.